The van der Waals surface area contributed by atoms with Crippen molar-refractivity contribution in [2.24, 2.45) is 13.0 Å². The average molecular weight is 223 g/mol. The second-order valence-corrected chi connectivity index (χ2v) is 4.53. The number of aromatic amines is 1. The molecule has 0 atom stereocenters. The van der Waals surface area contributed by atoms with Crippen LogP contribution in [-0.2, 0) is 7.05 Å². The largest absolute Gasteiger partial charge is 0.358 e. The quantitative estimate of drug-likeness (QED) is 0.745. The van der Waals surface area contributed by atoms with Gasteiger partial charge in [0.25, 0.3) is 5.56 Å². The van der Waals surface area contributed by atoms with Crippen molar-refractivity contribution in [3.05, 3.63) is 26.9 Å². The first-order chi connectivity index (χ1) is 7.58. The summed E-state index contributed by atoms with van der Waals surface area (Å²) >= 11 is 0. The smallest absolute Gasteiger partial charge is 0.329 e. The molecule has 0 amide bonds. The minimum Gasteiger partial charge on any atom is -0.358 e. The van der Waals surface area contributed by atoms with E-state index in [4.69, 9.17) is 0 Å². The number of hydrogen-bond donors (Lipinski definition) is 1. The Morgan fingerprint density at radius 3 is 2.50 bits per heavy atom. The lowest BCUT2D eigenvalue weighted by atomic mass is 9.99. The molecule has 0 unspecified atom stereocenters. The van der Waals surface area contributed by atoms with Gasteiger partial charge < -0.3 is 4.90 Å². The molecule has 0 radical (unpaired) electrons. The van der Waals surface area contributed by atoms with E-state index in [0.717, 1.165) is 36.4 Å². The lowest BCUT2D eigenvalue weighted by Gasteiger charge is -2.31. The van der Waals surface area contributed by atoms with Crippen LogP contribution in [0.4, 0.5) is 5.82 Å². The van der Waals surface area contributed by atoms with E-state index < -0.39 is 0 Å². The van der Waals surface area contributed by atoms with Crippen LogP contribution < -0.4 is 16.1 Å². The van der Waals surface area contributed by atoms with E-state index in [-0.39, 0.29) is 11.2 Å². The summed E-state index contributed by atoms with van der Waals surface area (Å²) in [5.41, 5.74) is -0.599. The first-order valence-corrected chi connectivity index (χ1v) is 5.63. The number of anilines is 1. The van der Waals surface area contributed by atoms with Gasteiger partial charge in [-0.25, -0.2) is 4.79 Å². The third kappa shape index (κ3) is 2.03. The minimum atomic E-state index is -0.346. The van der Waals surface area contributed by atoms with Gasteiger partial charge in [0.2, 0.25) is 0 Å². The van der Waals surface area contributed by atoms with Crippen molar-refractivity contribution in [2.45, 2.75) is 19.8 Å². The van der Waals surface area contributed by atoms with Crippen molar-refractivity contribution < 1.29 is 0 Å². The van der Waals surface area contributed by atoms with Crippen molar-refractivity contribution >= 4 is 5.82 Å². The summed E-state index contributed by atoms with van der Waals surface area (Å²) in [6.07, 6.45) is 2.22. The van der Waals surface area contributed by atoms with Gasteiger partial charge in [-0.05, 0) is 18.8 Å². The van der Waals surface area contributed by atoms with Gasteiger partial charge in [0.1, 0.15) is 5.82 Å². The molecule has 2 rings (SSSR count). The van der Waals surface area contributed by atoms with Gasteiger partial charge in [-0.1, -0.05) is 6.92 Å². The average Bonchev–Trinajstić information content (AvgIpc) is 2.26. The normalized spacial score (nSPS) is 17.8. The van der Waals surface area contributed by atoms with E-state index >= 15 is 0 Å². The molecule has 1 aliphatic heterocycles. The van der Waals surface area contributed by atoms with Crippen LogP contribution >= 0.6 is 0 Å². The van der Waals surface area contributed by atoms with Crippen LogP contribution in [0, 0.1) is 5.92 Å². The van der Waals surface area contributed by atoms with E-state index in [0.29, 0.717) is 5.82 Å². The molecule has 1 saturated heterocycles. The topological polar surface area (TPSA) is 58.1 Å². The summed E-state index contributed by atoms with van der Waals surface area (Å²) in [6.45, 7) is 4.04. The first-order valence-electron chi connectivity index (χ1n) is 5.63. The van der Waals surface area contributed by atoms with E-state index in [9.17, 15) is 9.59 Å². The Morgan fingerprint density at radius 1 is 1.31 bits per heavy atom. The molecule has 0 bridgehead atoms. The number of piperidine rings is 1. The Kier molecular flexibility index (Phi) is 2.85. The number of aromatic nitrogens is 2. The van der Waals surface area contributed by atoms with E-state index in [1.54, 1.807) is 0 Å². The maximum atomic E-state index is 11.5. The summed E-state index contributed by atoms with van der Waals surface area (Å²) in [5.74, 6) is 1.38. The molecule has 16 heavy (non-hydrogen) atoms. The zero-order valence-electron chi connectivity index (χ0n) is 9.69. The molecular formula is C11H17N3O2. The summed E-state index contributed by atoms with van der Waals surface area (Å²) in [5, 5.41) is 0. The summed E-state index contributed by atoms with van der Waals surface area (Å²) in [6, 6.07) is 1.50. The molecule has 0 spiro atoms. The lowest BCUT2D eigenvalue weighted by Crippen LogP contribution is -2.39. The van der Waals surface area contributed by atoms with Crippen LogP contribution in [0.15, 0.2) is 15.7 Å². The molecule has 1 aromatic heterocycles. The second kappa shape index (κ2) is 4.15. The monoisotopic (exact) mass is 223 g/mol. The van der Waals surface area contributed by atoms with Crippen LogP contribution in [0.3, 0.4) is 0 Å². The van der Waals surface area contributed by atoms with Gasteiger partial charge in [-0.2, -0.15) is 0 Å². The molecule has 1 N–H and O–H groups in total. The van der Waals surface area contributed by atoms with Crippen LogP contribution in [0.5, 0.6) is 0 Å². The van der Waals surface area contributed by atoms with E-state index in [1.807, 2.05) is 0 Å². The third-order valence-electron chi connectivity index (χ3n) is 3.25. The predicted octanol–water partition coefficient (Wildman–Crippen LogP) is 0.310. The summed E-state index contributed by atoms with van der Waals surface area (Å²) < 4.78 is 1.08. The zero-order chi connectivity index (χ0) is 11.7. The Bertz CT molecular complexity index is 449. The fourth-order valence-electron chi connectivity index (χ4n) is 1.96. The molecule has 0 aromatic carbocycles. The Hall–Kier alpha value is -1.52. The number of nitrogens with one attached hydrogen (secondary N) is 1. The molecule has 1 fully saturated rings. The van der Waals surface area contributed by atoms with Crippen LogP contribution in [0.2, 0.25) is 0 Å². The predicted molar refractivity (Wildman–Crippen MR) is 62.9 cm³/mol. The maximum Gasteiger partial charge on any atom is 0.329 e. The van der Waals surface area contributed by atoms with Gasteiger partial charge >= 0.3 is 5.69 Å². The number of rotatable bonds is 1. The summed E-state index contributed by atoms with van der Waals surface area (Å²) in [4.78, 5) is 27.7. The van der Waals surface area contributed by atoms with E-state index in [2.05, 4.69) is 16.8 Å². The molecular weight excluding hydrogens is 206 g/mol. The third-order valence-corrected chi connectivity index (χ3v) is 3.25. The molecule has 5 heteroatoms. The van der Waals surface area contributed by atoms with Gasteiger partial charge in [0.05, 0.1) is 0 Å². The maximum absolute atomic E-state index is 11.5. The Labute approximate surface area is 93.7 Å². The SMILES string of the molecule is CC1CCN(c2cc(=O)n(C)c(=O)[nH]2)CC1. The Balaban J connectivity index is 2.28. The van der Waals surface area contributed by atoms with Crippen LogP contribution in [0.1, 0.15) is 19.8 Å². The van der Waals surface area contributed by atoms with Crippen LogP contribution in [-0.4, -0.2) is 22.6 Å². The van der Waals surface area contributed by atoms with Crippen molar-refractivity contribution in [1.29, 1.82) is 0 Å². The molecule has 0 aliphatic carbocycles. The van der Waals surface area contributed by atoms with Crippen LogP contribution in [0.25, 0.3) is 0 Å². The Morgan fingerprint density at radius 2 is 1.94 bits per heavy atom. The van der Waals surface area contributed by atoms with Crippen molar-refractivity contribution in [3.63, 3.8) is 0 Å². The number of hydrogen-bond acceptors (Lipinski definition) is 3. The fraction of sp³-hybridized carbons (Fsp3) is 0.636. The molecule has 0 saturated carbocycles. The highest BCUT2D eigenvalue weighted by molar-refractivity contribution is 5.36. The first kappa shape index (κ1) is 11.0. The molecule has 1 aromatic rings. The second-order valence-electron chi connectivity index (χ2n) is 4.53. The van der Waals surface area contributed by atoms with Gasteiger partial charge in [-0.15, -0.1) is 0 Å². The zero-order valence-corrected chi connectivity index (χ0v) is 9.69. The van der Waals surface area contributed by atoms with E-state index in [1.165, 1.54) is 13.1 Å². The lowest BCUT2D eigenvalue weighted by molar-refractivity contribution is 0.436. The standard InChI is InChI=1S/C11H17N3O2/c1-8-3-5-14(6-4-8)9-7-10(15)13(2)11(16)12-9/h7-8H,3-6H2,1-2H3,(H,12,16). The molecule has 88 valence electrons. The highest BCUT2D eigenvalue weighted by Crippen LogP contribution is 2.19. The van der Waals surface area contributed by atoms with Gasteiger partial charge in [0, 0.05) is 26.2 Å². The molecule has 2 heterocycles. The minimum absolute atomic E-state index is 0.252. The van der Waals surface area contributed by atoms with Gasteiger partial charge in [-0.3, -0.25) is 14.3 Å². The van der Waals surface area contributed by atoms with Gasteiger partial charge in [0.15, 0.2) is 0 Å². The van der Waals surface area contributed by atoms with Crippen molar-refractivity contribution in [3.8, 4) is 0 Å². The number of nitrogens with zero attached hydrogens (tertiary/aromatic N) is 2. The molecule has 5 nitrogen and oxygen atoms in total. The molecule has 1 aliphatic rings. The summed E-state index contributed by atoms with van der Waals surface area (Å²) in [7, 11) is 1.48. The number of H-pyrrole nitrogens is 1. The fourth-order valence-corrected chi connectivity index (χ4v) is 1.96. The van der Waals surface area contributed by atoms with Crippen molar-refractivity contribution in [2.75, 3.05) is 18.0 Å². The van der Waals surface area contributed by atoms with Crippen molar-refractivity contribution in [1.82, 2.24) is 9.55 Å². The highest BCUT2D eigenvalue weighted by Gasteiger charge is 2.17. The highest BCUT2D eigenvalue weighted by atomic mass is 16.2.